The third-order valence-corrected chi connectivity index (χ3v) is 4.17. The van der Waals surface area contributed by atoms with Crippen molar-refractivity contribution in [1.82, 2.24) is 19.8 Å². The molecule has 1 N–H and O–H groups in total. The maximum Gasteiger partial charge on any atom is 0.253 e. The SMILES string of the molecule is CNC(=O)[C@@]1(C)CN(C(=O)Cn2cnc3ccccc32)CCO1. The summed E-state index contributed by atoms with van der Waals surface area (Å²) >= 11 is 0. The van der Waals surface area contributed by atoms with Gasteiger partial charge < -0.3 is 19.5 Å². The predicted molar refractivity (Wildman–Crippen MR) is 84.7 cm³/mol. The maximum atomic E-state index is 12.6. The number of likely N-dealkylation sites (N-methyl/N-ethyl adjacent to an activating group) is 1. The zero-order valence-corrected chi connectivity index (χ0v) is 13.3. The number of nitrogens with one attached hydrogen (secondary N) is 1. The molecule has 1 aromatic carbocycles. The topological polar surface area (TPSA) is 76.5 Å². The van der Waals surface area contributed by atoms with Crippen LogP contribution in [0.15, 0.2) is 30.6 Å². The number of aromatic nitrogens is 2. The maximum absolute atomic E-state index is 12.6. The fraction of sp³-hybridized carbons (Fsp3) is 0.438. The van der Waals surface area contributed by atoms with E-state index < -0.39 is 5.60 Å². The number of fused-ring (bicyclic) bond motifs is 1. The third kappa shape index (κ3) is 2.92. The number of nitrogens with zero attached hydrogens (tertiary/aromatic N) is 3. The summed E-state index contributed by atoms with van der Waals surface area (Å²) in [6.45, 7) is 2.98. The number of hydrogen-bond donors (Lipinski definition) is 1. The van der Waals surface area contributed by atoms with Gasteiger partial charge in [-0.1, -0.05) is 12.1 Å². The van der Waals surface area contributed by atoms with Crippen molar-refractivity contribution in [2.24, 2.45) is 0 Å². The van der Waals surface area contributed by atoms with Crippen LogP contribution in [0, 0.1) is 0 Å². The van der Waals surface area contributed by atoms with Gasteiger partial charge in [-0.15, -0.1) is 0 Å². The molecule has 0 bridgehead atoms. The van der Waals surface area contributed by atoms with Gasteiger partial charge in [-0.25, -0.2) is 4.98 Å². The highest BCUT2D eigenvalue weighted by Gasteiger charge is 2.40. The Morgan fingerprint density at radius 1 is 1.39 bits per heavy atom. The second-order valence-electron chi connectivity index (χ2n) is 5.83. The fourth-order valence-corrected chi connectivity index (χ4v) is 2.87. The van der Waals surface area contributed by atoms with Crippen molar-refractivity contribution in [3.05, 3.63) is 30.6 Å². The normalized spacial score (nSPS) is 21.4. The smallest absolute Gasteiger partial charge is 0.253 e. The quantitative estimate of drug-likeness (QED) is 0.889. The van der Waals surface area contributed by atoms with Crippen LogP contribution in [-0.4, -0.2) is 58.6 Å². The molecule has 0 unspecified atom stereocenters. The fourth-order valence-electron chi connectivity index (χ4n) is 2.87. The molecule has 1 saturated heterocycles. The average Bonchev–Trinajstić information content (AvgIpc) is 2.97. The van der Waals surface area contributed by atoms with Crippen molar-refractivity contribution in [3.63, 3.8) is 0 Å². The van der Waals surface area contributed by atoms with Gasteiger partial charge in [0.05, 0.1) is 30.5 Å². The number of rotatable bonds is 3. The van der Waals surface area contributed by atoms with E-state index in [-0.39, 0.29) is 24.9 Å². The Labute approximate surface area is 134 Å². The van der Waals surface area contributed by atoms with Crippen molar-refractivity contribution in [3.8, 4) is 0 Å². The number of hydrogen-bond acceptors (Lipinski definition) is 4. The van der Waals surface area contributed by atoms with Gasteiger partial charge in [0.1, 0.15) is 6.54 Å². The molecule has 0 aliphatic carbocycles. The Kier molecular flexibility index (Phi) is 4.04. The molecule has 7 nitrogen and oxygen atoms in total. The minimum absolute atomic E-state index is 0.0495. The summed E-state index contributed by atoms with van der Waals surface area (Å²) in [6.07, 6.45) is 1.67. The van der Waals surface area contributed by atoms with Gasteiger partial charge in [0.25, 0.3) is 5.91 Å². The van der Waals surface area contributed by atoms with E-state index in [1.165, 1.54) is 0 Å². The first-order valence-electron chi connectivity index (χ1n) is 7.57. The van der Waals surface area contributed by atoms with Crippen LogP contribution in [0.3, 0.4) is 0 Å². The molecule has 1 fully saturated rings. The standard InChI is InChI=1S/C16H20N4O3/c1-16(15(22)17-2)10-19(7-8-23-16)14(21)9-20-11-18-12-5-3-4-6-13(12)20/h3-6,11H,7-10H2,1-2H3,(H,17,22)/t16-/m1/s1. The lowest BCUT2D eigenvalue weighted by molar-refractivity contribution is -0.162. The van der Waals surface area contributed by atoms with Gasteiger partial charge in [0, 0.05) is 13.6 Å². The first kappa shape index (κ1) is 15.5. The van der Waals surface area contributed by atoms with E-state index in [0.717, 1.165) is 11.0 Å². The van der Waals surface area contributed by atoms with Crippen molar-refractivity contribution in [2.75, 3.05) is 26.7 Å². The molecular weight excluding hydrogens is 296 g/mol. The number of morpholine rings is 1. The highest BCUT2D eigenvalue weighted by molar-refractivity contribution is 5.86. The summed E-state index contributed by atoms with van der Waals surface area (Å²) in [5.74, 6) is -0.269. The highest BCUT2D eigenvalue weighted by atomic mass is 16.5. The first-order chi connectivity index (χ1) is 11.0. The monoisotopic (exact) mass is 316 g/mol. The molecular formula is C16H20N4O3. The number of imidazole rings is 1. The van der Waals surface area contributed by atoms with Gasteiger partial charge in [-0.05, 0) is 19.1 Å². The molecule has 1 aliphatic rings. The van der Waals surface area contributed by atoms with Crippen LogP contribution in [0.5, 0.6) is 0 Å². The van der Waals surface area contributed by atoms with E-state index in [0.29, 0.717) is 13.2 Å². The summed E-state index contributed by atoms with van der Waals surface area (Å²) in [5, 5.41) is 2.59. The molecule has 3 rings (SSSR count). The van der Waals surface area contributed by atoms with E-state index in [1.54, 1.807) is 25.2 Å². The Hall–Kier alpha value is -2.41. The molecule has 2 amide bonds. The highest BCUT2D eigenvalue weighted by Crippen LogP contribution is 2.19. The molecule has 2 heterocycles. The van der Waals surface area contributed by atoms with Crippen LogP contribution < -0.4 is 5.32 Å². The van der Waals surface area contributed by atoms with Gasteiger partial charge in [0.2, 0.25) is 5.91 Å². The average molecular weight is 316 g/mol. The number of benzene rings is 1. The van der Waals surface area contributed by atoms with E-state index in [4.69, 9.17) is 4.74 Å². The molecule has 1 aliphatic heterocycles. The second kappa shape index (κ2) is 6.00. The molecule has 2 aromatic rings. The first-order valence-corrected chi connectivity index (χ1v) is 7.57. The molecule has 0 radical (unpaired) electrons. The Bertz CT molecular complexity index is 742. The van der Waals surface area contributed by atoms with E-state index in [1.807, 2.05) is 28.8 Å². The van der Waals surface area contributed by atoms with Crippen molar-refractivity contribution >= 4 is 22.8 Å². The van der Waals surface area contributed by atoms with E-state index >= 15 is 0 Å². The predicted octanol–water partition coefficient (Wildman–Crippen LogP) is 0.400. The Morgan fingerprint density at radius 3 is 2.96 bits per heavy atom. The Balaban J connectivity index is 1.74. The van der Waals surface area contributed by atoms with Crippen LogP contribution in [0.4, 0.5) is 0 Å². The molecule has 0 spiro atoms. The van der Waals surface area contributed by atoms with Gasteiger partial charge in [0.15, 0.2) is 5.60 Å². The van der Waals surface area contributed by atoms with Gasteiger partial charge >= 0.3 is 0 Å². The minimum Gasteiger partial charge on any atom is -0.362 e. The number of carbonyl (C=O) groups is 2. The van der Waals surface area contributed by atoms with E-state index in [9.17, 15) is 9.59 Å². The van der Waals surface area contributed by atoms with Crippen molar-refractivity contribution in [1.29, 1.82) is 0 Å². The zero-order chi connectivity index (χ0) is 16.4. The Morgan fingerprint density at radius 2 is 2.17 bits per heavy atom. The lowest BCUT2D eigenvalue weighted by atomic mass is 10.0. The molecule has 122 valence electrons. The molecule has 1 atom stereocenters. The summed E-state index contributed by atoms with van der Waals surface area (Å²) < 4.78 is 7.40. The summed E-state index contributed by atoms with van der Waals surface area (Å²) in [4.78, 5) is 30.5. The lowest BCUT2D eigenvalue weighted by Crippen LogP contribution is -2.59. The second-order valence-corrected chi connectivity index (χ2v) is 5.83. The largest absolute Gasteiger partial charge is 0.362 e. The number of amides is 2. The number of ether oxygens (including phenoxy) is 1. The molecule has 1 aromatic heterocycles. The number of para-hydroxylation sites is 2. The van der Waals surface area contributed by atoms with Crippen molar-refractivity contribution in [2.45, 2.75) is 19.1 Å². The third-order valence-electron chi connectivity index (χ3n) is 4.17. The van der Waals surface area contributed by atoms with Crippen LogP contribution in [0.2, 0.25) is 0 Å². The minimum atomic E-state index is -1.00. The lowest BCUT2D eigenvalue weighted by Gasteiger charge is -2.39. The zero-order valence-electron chi connectivity index (χ0n) is 13.3. The number of carbonyl (C=O) groups excluding carboxylic acids is 2. The summed E-state index contributed by atoms with van der Waals surface area (Å²) in [5.41, 5.74) is 0.778. The summed E-state index contributed by atoms with van der Waals surface area (Å²) in [7, 11) is 1.56. The van der Waals surface area contributed by atoms with Gasteiger partial charge in [-0.2, -0.15) is 0 Å². The molecule has 0 saturated carbocycles. The molecule has 7 heteroatoms. The van der Waals surface area contributed by atoms with Crippen LogP contribution in [-0.2, 0) is 20.9 Å². The van der Waals surface area contributed by atoms with Crippen LogP contribution in [0.1, 0.15) is 6.92 Å². The van der Waals surface area contributed by atoms with Crippen LogP contribution >= 0.6 is 0 Å². The van der Waals surface area contributed by atoms with E-state index in [2.05, 4.69) is 10.3 Å². The van der Waals surface area contributed by atoms with Gasteiger partial charge in [-0.3, -0.25) is 9.59 Å². The summed E-state index contributed by atoms with van der Waals surface area (Å²) in [6, 6.07) is 7.68. The molecule has 23 heavy (non-hydrogen) atoms. The van der Waals surface area contributed by atoms with Crippen LogP contribution in [0.25, 0.3) is 11.0 Å². The van der Waals surface area contributed by atoms with Crippen molar-refractivity contribution < 1.29 is 14.3 Å².